The third kappa shape index (κ3) is 24.1. The summed E-state index contributed by atoms with van der Waals surface area (Å²) in [5.41, 5.74) is 3.18. The topological polar surface area (TPSA) is 287 Å². The van der Waals surface area contributed by atoms with Crippen LogP contribution in [0.5, 0.6) is 0 Å². The minimum Gasteiger partial charge on any atom is -0.481 e. The molecule has 0 spiro atoms. The Hall–Kier alpha value is -3.49. The van der Waals surface area contributed by atoms with E-state index in [-0.39, 0.29) is 88.7 Å². The molecule has 0 heterocycles. The average Bonchev–Trinajstić information content (AvgIpc) is 1.67. The number of ether oxygens (including phenoxy) is 5. The third-order valence-corrected chi connectivity index (χ3v) is 44.9. The van der Waals surface area contributed by atoms with Gasteiger partial charge in [-0.05, 0) is 440 Å². The van der Waals surface area contributed by atoms with Crippen molar-refractivity contribution in [2.24, 2.45) is 197 Å². The molecule has 22 heteroatoms. The fraction of sp³-hybridized carbons (Fsp3) is 0.890. The van der Waals surface area contributed by atoms with Gasteiger partial charge in [0.05, 0.1) is 36.6 Å². The number of hydrogen-bond donors (Lipinski definition) is 6. The van der Waals surface area contributed by atoms with E-state index in [4.69, 9.17) is 30.2 Å². The van der Waals surface area contributed by atoms with E-state index in [0.29, 0.717) is 178 Å². The second-order valence-electron chi connectivity index (χ2n) is 51.8. The van der Waals surface area contributed by atoms with Crippen LogP contribution in [-0.4, -0.2) is 160 Å². The summed E-state index contributed by atoms with van der Waals surface area (Å²) < 4.78 is 74.3. The number of halogens is 4. The van der Waals surface area contributed by atoms with Gasteiger partial charge < -0.3 is 54.3 Å². The lowest BCUT2D eigenvalue weighted by molar-refractivity contribution is -0.204. The lowest BCUT2D eigenvalue weighted by Gasteiger charge is -2.63. The molecule has 6 N–H and O–H groups in total. The molecule has 16 aliphatic carbocycles. The smallest absolute Gasteiger partial charge is 0.348 e. The van der Waals surface area contributed by atoms with Crippen LogP contribution in [0.2, 0.25) is 0 Å². The summed E-state index contributed by atoms with van der Waals surface area (Å²) in [6.45, 7) is 36.0. The fourth-order valence-corrected chi connectivity index (χ4v) is 37.5. The molecule has 140 heavy (non-hydrogen) atoms. The van der Waals surface area contributed by atoms with Gasteiger partial charge >= 0.3 is 17.9 Å². The van der Waals surface area contributed by atoms with Crippen molar-refractivity contribution < 1.29 is 102 Å². The summed E-state index contributed by atoms with van der Waals surface area (Å²) in [5.74, 6) is 10.3. The number of carboxylic acids is 2. The van der Waals surface area contributed by atoms with Crippen molar-refractivity contribution in [3.8, 4) is 0 Å². The Morgan fingerprint density at radius 3 is 1.05 bits per heavy atom. The molecule has 16 saturated carbocycles. The number of aliphatic carboxylic acids is 2. The number of benzene rings is 1. The first-order chi connectivity index (χ1) is 66.6. The molecule has 1 aromatic rings. The number of fused-ring (bicyclic) bond motifs is 20. The Labute approximate surface area is 856 Å². The van der Waals surface area contributed by atoms with Crippen LogP contribution in [0.1, 0.15) is 375 Å². The van der Waals surface area contributed by atoms with Crippen LogP contribution in [0.4, 0.5) is 13.2 Å². The quantitative estimate of drug-likeness (QED) is 0.0143. The van der Waals surface area contributed by atoms with E-state index >= 15 is 0 Å². The summed E-state index contributed by atoms with van der Waals surface area (Å²) in [7, 11) is 3.46. The van der Waals surface area contributed by atoms with E-state index in [1.807, 2.05) is 40.8 Å². The van der Waals surface area contributed by atoms with Gasteiger partial charge in [-0.25, -0.2) is 18.0 Å². The number of carboxylic acid groups (broad SMARTS) is 2. The number of aliphatic hydroxyl groups excluding tert-OH is 4. The molecule has 1 unspecified atom stereocenters. The zero-order chi connectivity index (χ0) is 103. The summed E-state index contributed by atoms with van der Waals surface area (Å²) in [5, 5.41) is 61.2. The van der Waals surface area contributed by atoms with Crippen molar-refractivity contribution in [2.45, 2.75) is 423 Å². The first-order valence-electron chi connectivity index (χ1n) is 56.7. The van der Waals surface area contributed by atoms with Crippen molar-refractivity contribution in [3.63, 3.8) is 0 Å². The number of methoxy groups -OCH3 is 2. The standard InChI is InChI=1S/C36H53FO5.C27H46O4.C25H41FO3.C24H40O4.C5H7FO2.CH3I/c1-23-15-17-35(3)26(19-23)20-31(42-22-40-5)32-28-13-12-27(36(28,4)18-16-29(32)35)24(2)11-14-30(38)33(37)34(39)41-21-25-9-7-6-8-10-25;1-17-10-12-26(3)19(14-17)15-23(31-16-30-5)25-21-8-7-20(18(2)6-9-24(28)29)27(21,4)13-11-22(25)26;1-15(4-5-18(28)14-26)19-6-7-20-23-21(9-11-25(19,20)3)24(2)10-8-17(27)12-16(24)13-22(23)29;1-14(4-7-21(27)28)17-5-6-18-22-19(9-11-24(17,18)3)23(2)10-8-16(25)12-15(23)13-20(22)26;1-3(7)5(6)4(2)8;1-2/h6-10,23-24,26-29,31-33H,11-22H2,1-5H3;17-23,25H,6-16H2,1-5H3,(H,28,29);15-17,19-23,27,29H,4-14H2,1-3H3;14-20,22,25-26H,4-13H2,1-3H3,(H,27,28);5H,1-2H3;1H3/t23-,24-,26+,27-,28+,29+,31-,32+,33?,35+,36-;17-,18-,19+,20-,21+,22+,23-,25+,26+,27-;15-,16+,17-,19-,20+,21+,22-,23+,24+,25-;14-,15+,16-,17-,18+,19+,20-,22+,23+,24-;;/m1111../s1/i;;;;;1D. The average molecular weight is 2080 g/mol. The maximum Gasteiger partial charge on any atom is 0.348 e. The van der Waals surface area contributed by atoms with Crippen molar-refractivity contribution in [1.29, 1.82) is 0 Å². The molecule has 16 fully saturated rings. The largest absolute Gasteiger partial charge is 0.481 e. The molecule has 0 aliphatic heterocycles. The van der Waals surface area contributed by atoms with Gasteiger partial charge in [-0.3, -0.25) is 28.8 Å². The summed E-state index contributed by atoms with van der Waals surface area (Å²) in [4.78, 5) is 79.1. The minimum atomic E-state index is -2.21. The monoisotopic (exact) mass is 2080 g/mol. The second-order valence-corrected chi connectivity index (χ2v) is 51.8. The molecule has 18 nitrogen and oxygen atoms in total. The molecular formula is C118H190F3IO18. The minimum absolute atomic E-state index is 0.0261. The second kappa shape index (κ2) is 48.6. The summed E-state index contributed by atoms with van der Waals surface area (Å²) in [6.07, 6.45) is 37.2. The van der Waals surface area contributed by atoms with Crippen LogP contribution in [0, 0.1) is 197 Å². The Bertz CT molecular complexity index is 4230. The number of Topliss-reactive ketones (excluding diaryl/α,β-unsaturated/α-hetero) is 4. The molecule has 41 atom stereocenters. The lowest BCUT2D eigenvalue weighted by Crippen LogP contribution is -2.58. The molecule has 798 valence electrons. The van der Waals surface area contributed by atoms with Gasteiger partial charge in [-0.2, -0.15) is 0 Å². The maximum atomic E-state index is 14.7. The lowest BCUT2D eigenvalue weighted by atomic mass is 9.43. The Kier molecular flexibility index (Phi) is 39.5. The molecule has 0 bridgehead atoms. The first kappa shape index (κ1) is 114. The molecule has 0 saturated heterocycles. The van der Waals surface area contributed by atoms with E-state index in [1.165, 1.54) is 141 Å². The SMILES string of the molecule is CC(=O)C(F)C(C)=O.COCO[C@@H]1C[C@@H]2C[C@H](C)CC[C@]2(C)[C@H]2CC[C@]3(C)[C@@H]([C@H](C)CCC(=O)C(F)C(=O)OCc4ccccc4)CC[C@H]3[C@H]12.COCO[C@@H]1C[C@@H]2C[C@H](C)CC[C@]2(C)[C@H]2CC[C@]3(C)[C@@H]([C@H](C)CCC(=O)O)CC[C@H]3[C@H]12.C[C@H](CCC(=O)CF)[C@H]1CC[C@H]2[C@@H]3[C@H](O)C[C@@H]4C[C@H](O)CC[C@]4(C)[C@H]3CC[C@]12C.C[C@H](CCC(=O)O)[C@H]1CC[C@H]2[C@@H]3[C@H](O)C[C@@H]4C[C@H](O)CC[C@]4(C)[C@H]3CC[C@]12C.[2H]CI. The van der Waals surface area contributed by atoms with Gasteiger partial charge in [0.15, 0.2) is 23.1 Å². The predicted molar refractivity (Wildman–Crippen MR) is 550 cm³/mol. The summed E-state index contributed by atoms with van der Waals surface area (Å²) in [6, 6.07) is 9.14. The number of alkyl halides is 4. The van der Waals surface area contributed by atoms with Crippen molar-refractivity contribution in [2.75, 3.05) is 39.4 Å². The number of esters is 1. The van der Waals surface area contributed by atoms with Crippen LogP contribution in [0.3, 0.4) is 0 Å². The summed E-state index contributed by atoms with van der Waals surface area (Å²) >= 11 is 1.96. The van der Waals surface area contributed by atoms with Crippen LogP contribution >= 0.6 is 22.6 Å². The highest BCUT2D eigenvalue weighted by atomic mass is 127. The van der Waals surface area contributed by atoms with Gasteiger partial charge in [-0.15, -0.1) is 0 Å². The number of rotatable bonds is 29. The molecule has 0 amide bonds. The van der Waals surface area contributed by atoms with Crippen molar-refractivity contribution >= 4 is 63.6 Å². The van der Waals surface area contributed by atoms with Crippen molar-refractivity contribution in [3.05, 3.63) is 35.9 Å². The highest BCUT2D eigenvalue weighted by Gasteiger charge is 2.69. The number of carbonyl (C=O) groups is 7. The first-order valence-corrected chi connectivity index (χ1v) is 57.5. The van der Waals surface area contributed by atoms with E-state index < -0.39 is 54.3 Å². The molecular weight excluding hydrogens is 1890 g/mol. The van der Waals surface area contributed by atoms with Gasteiger partial charge in [-0.1, -0.05) is 163 Å². The van der Waals surface area contributed by atoms with Gasteiger partial charge in [0.2, 0.25) is 6.17 Å². The molecule has 0 radical (unpaired) electrons. The molecule has 17 rings (SSSR count). The molecule has 0 aromatic heterocycles. The Balaban J connectivity index is 0.000000164. The zero-order valence-electron chi connectivity index (χ0n) is 90.4. The van der Waals surface area contributed by atoms with E-state index in [1.54, 1.807) is 26.4 Å². The van der Waals surface area contributed by atoms with Crippen LogP contribution < -0.4 is 0 Å². The number of ketones is 4. The van der Waals surface area contributed by atoms with E-state index in [9.17, 15) is 72.3 Å². The highest BCUT2D eigenvalue weighted by molar-refractivity contribution is 14.1. The Morgan fingerprint density at radius 1 is 0.414 bits per heavy atom. The fourth-order valence-electron chi connectivity index (χ4n) is 37.5. The van der Waals surface area contributed by atoms with Crippen LogP contribution in [0.25, 0.3) is 0 Å². The van der Waals surface area contributed by atoms with Crippen LogP contribution in [-0.2, 0) is 63.9 Å². The van der Waals surface area contributed by atoms with Crippen molar-refractivity contribution in [1.82, 2.24) is 0 Å². The van der Waals surface area contributed by atoms with Gasteiger partial charge in [0, 0.05) is 41.3 Å². The third-order valence-electron chi connectivity index (χ3n) is 44.9. The predicted octanol–water partition coefficient (Wildman–Crippen LogP) is 25.3. The zero-order valence-corrected chi connectivity index (χ0v) is 91.6. The van der Waals surface area contributed by atoms with E-state index in [0.717, 1.165) is 132 Å². The normalized spacial score (nSPS) is 43.7. The number of hydrogen-bond acceptors (Lipinski definition) is 16. The number of carbonyl (C=O) groups excluding carboxylic acids is 5. The maximum absolute atomic E-state index is 14.7. The van der Waals surface area contributed by atoms with Crippen LogP contribution in [0.15, 0.2) is 30.3 Å². The molecule has 16 aliphatic rings. The Morgan fingerprint density at radius 2 is 0.721 bits per heavy atom. The van der Waals surface area contributed by atoms with Gasteiger partial charge in [0.1, 0.15) is 26.9 Å². The van der Waals surface area contributed by atoms with E-state index in [2.05, 4.69) is 96.9 Å². The van der Waals surface area contributed by atoms with Gasteiger partial charge in [0.25, 0.3) is 6.17 Å². The highest BCUT2D eigenvalue weighted by Crippen LogP contribution is 2.75. The number of aliphatic hydroxyl groups is 4. The molecule has 1 aromatic carbocycles.